The molecule has 0 saturated carbocycles. The molecular formula is C10H12N4O. The molecule has 0 fully saturated rings. The molecule has 0 bridgehead atoms. The van der Waals surface area contributed by atoms with Crippen LogP contribution in [0.15, 0.2) is 18.6 Å². The summed E-state index contributed by atoms with van der Waals surface area (Å²) in [5, 5.41) is 8.98. The van der Waals surface area contributed by atoms with Crippen LogP contribution in [-0.2, 0) is 6.54 Å². The maximum absolute atomic E-state index is 8.98. The molecule has 0 amide bonds. The van der Waals surface area contributed by atoms with Gasteiger partial charge in [0.25, 0.3) is 0 Å². The Hall–Kier alpha value is -1.62. The molecule has 0 saturated heterocycles. The van der Waals surface area contributed by atoms with Crippen molar-refractivity contribution in [1.82, 2.24) is 14.5 Å². The van der Waals surface area contributed by atoms with Gasteiger partial charge in [-0.1, -0.05) is 0 Å². The van der Waals surface area contributed by atoms with Gasteiger partial charge in [-0.15, -0.1) is 0 Å². The molecule has 78 valence electrons. The van der Waals surface area contributed by atoms with E-state index in [-0.39, 0.29) is 6.61 Å². The molecule has 0 atom stereocenters. The van der Waals surface area contributed by atoms with Crippen LogP contribution in [0.4, 0.5) is 5.82 Å². The molecule has 0 radical (unpaired) electrons. The maximum atomic E-state index is 8.98. The molecular weight excluding hydrogens is 192 g/mol. The van der Waals surface area contributed by atoms with Crippen LogP contribution < -0.4 is 4.90 Å². The molecule has 2 aromatic heterocycles. The number of hydrogen-bond acceptors (Lipinski definition) is 4. The van der Waals surface area contributed by atoms with E-state index in [0.717, 1.165) is 29.9 Å². The van der Waals surface area contributed by atoms with Gasteiger partial charge in [0.05, 0.1) is 12.1 Å². The van der Waals surface area contributed by atoms with Crippen LogP contribution in [0.2, 0.25) is 0 Å². The van der Waals surface area contributed by atoms with Gasteiger partial charge in [0.2, 0.25) is 0 Å². The molecule has 3 heterocycles. The number of aromatic nitrogens is 3. The van der Waals surface area contributed by atoms with Gasteiger partial charge in [0.1, 0.15) is 11.8 Å². The van der Waals surface area contributed by atoms with Gasteiger partial charge < -0.3 is 14.6 Å². The van der Waals surface area contributed by atoms with Gasteiger partial charge >= 0.3 is 0 Å². The molecule has 1 N–H and O–H groups in total. The normalized spacial score (nSPS) is 14.9. The number of rotatable bonds is 2. The molecule has 0 unspecified atom stereocenters. The zero-order valence-electron chi connectivity index (χ0n) is 8.30. The number of hydrogen-bond donors (Lipinski definition) is 1. The summed E-state index contributed by atoms with van der Waals surface area (Å²) >= 11 is 0. The quantitative estimate of drug-likeness (QED) is 0.761. The van der Waals surface area contributed by atoms with Gasteiger partial charge in [-0.25, -0.2) is 9.97 Å². The molecule has 1 aliphatic heterocycles. The third kappa shape index (κ3) is 1.20. The third-order valence-electron chi connectivity index (χ3n) is 2.81. The van der Waals surface area contributed by atoms with Crippen LogP contribution in [0, 0.1) is 0 Å². The van der Waals surface area contributed by atoms with E-state index in [1.165, 1.54) is 0 Å². The van der Waals surface area contributed by atoms with E-state index in [9.17, 15) is 0 Å². The summed E-state index contributed by atoms with van der Waals surface area (Å²) < 4.78 is 2.17. The second-order valence-electron chi connectivity index (χ2n) is 3.65. The lowest BCUT2D eigenvalue weighted by Crippen LogP contribution is -2.34. The van der Waals surface area contributed by atoms with Crippen LogP contribution in [0.5, 0.6) is 0 Å². The highest BCUT2D eigenvalue weighted by Gasteiger charge is 2.19. The summed E-state index contributed by atoms with van der Waals surface area (Å²) in [6, 6.07) is 2.00. The van der Waals surface area contributed by atoms with Crippen molar-refractivity contribution in [3.05, 3.63) is 18.6 Å². The minimum absolute atomic E-state index is 0.159. The smallest absolute Gasteiger partial charge is 0.156 e. The van der Waals surface area contributed by atoms with E-state index < -0.39 is 0 Å². The lowest BCUT2D eigenvalue weighted by Gasteiger charge is -2.28. The van der Waals surface area contributed by atoms with E-state index in [0.29, 0.717) is 6.54 Å². The van der Waals surface area contributed by atoms with Gasteiger partial charge in [-0.3, -0.25) is 0 Å². The molecule has 5 heteroatoms. The number of nitrogens with zero attached hydrogens (tertiary/aromatic N) is 4. The highest BCUT2D eigenvalue weighted by molar-refractivity contribution is 5.87. The van der Waals surface area contributed by atoms with Crippen molar-refractivity contribution in [1.29, 1.82) is 0 Å². The molecule has 5 nitrogen and oxygen atoms in total. The van der Waals surface area contributed by atoms with Gasteiger partial charge in [-0.2, -0.15) is 0 Å². The average Bonchev–Trinajstić information content (AvgIpc) is 2.68. The van der Waals surface area contributed by atoms with Crippen LogP contribution in [0.25, 0.3) is 11.0 Å². The Morgan fingerprint density at radius 2 is 2.27 bits per heavy atom. The second kappa shape index (κ2) is 3.20. The summed E-state index contributed by atoms with van der Waals surface area (Å²) in [7, 11) is 0. The van der Waals surface area contributed by atoms with Crippen LogP contribution in [0.1, 0.15) is 0 Å². The van der Waals surface area contributed by atoms with Crippen molar-refractivity contribution < 1.29 is 5.11 Å². The van der Waals surface area contributed by atoms with Gasteiger partial charge in [-0.05, 0) is 6.07 Å². The largest absolute Gasteiger partial charge is 0.395 e. The Labute approximate surface area is 87.0 Å². The summed E-state index contributed by atoms with van der Waals surface area (Å²) in [5.41, 5.74) is 2.06. The lowest BCUT2D eigenvalue weighted by atomic mass is 10.3. The lowest BCUT2D eigenvalue weighted by molar-refractivity contribution is 0.300. The Balaban J connectivity index is 2.19. The fourth-order valence-electron chi connectivity index (χ4n) is 2.11. The molecule has 2 aromatic rings. The van der Waals surface area contributed by atoms with Crippen LogP contribution in [-0.4, -0.2) is 39.3 Å². The van der Waals surface area contributed by atoms with E-state index >= 15 is 0 Å². The zero-order chi connectivity index (χ0) is 10.3. The minimum atomic E-state index is 0.159. The maximum Gasteiger partial charge on any atom is 0.156 e. The monoisotopic (exact) mass is 204 g/mol. The Morgan fingerprint density at radius 1 is 1.33 bits per heavy atom. The SMILES string of the molecule is OCCN1CCn2ccc3ncnc1c32. The fourth-order valence-corrected chi connectivity index (χ4v) is 2.11. The highest BCUT2D eigenvalue weighted by atomic mass is 16.3. The van der Waals surface area contributed by atoms with Crippen molar-refractivity contribution in [2.45, 2.75) is 6.54 Å². The van der Waals surface area contributed by atoms with E-state index in [4.69, 9.17) is 5.11 Å². The summed E-state index contributed by atoms with van der Waals surface area (Å²) in [4.78, 5) is 10.6. The molecule has 0 aromatic carbocycles. The Morgan fingerprint density at radius 3 is 3.13 bits per heavy atom. The molecule has 1 aliphatic rings. The minimum Gasteiger partial charge on any atom is -0.395 e. The van der Waals surface area contributed by atoms with E-state index in [2.05, 4.69) is 19.4 Å². The zero-order valence-corrected chi connectivity index (χ0v) is 8.30. The first-order chi connectivity index (χ1) is 7.40. The first kappa shape index (κ1) is 8.67. The molecule has 0 spiro atoms. The number of aliphatic hydroxyl groups is 1. The standard InChI is InChI=1S/C10H12N4O/c15-6-5-14-4-3-13-2-1-8-9(13)10(14)12-7-11-8/h1-2,7,15H,3-6H2. The Bertz CT molecular complexity index is 493. The first-order valence-electron chi connectivity index (χ1n) is 5.06. The average molecular weight is 204 g/mol. The van der Waals surface area contributed by atoms with Crippen molar-refractivity contribution >= 4 is 16.9 Å². The van der Waals surface area contributed by atoms with Crippen molar-refractivity contribution in [2.75, 3.05) is 24.6 Å². The van der Waals surface area contributed by atoms with Crippen molar-refractivity contribution in [2.24, 2.45) is 0 Å². The van der Waals surface area contributed by atoms with E-state index in [1.807, 2.05) is 12.3 Å². The second-order valence-corrected chi connectivity index (χ2v) is 3.65. The predicted octanol–water partition coefficient (Wildman–Crippen LogP) is 0.244. The predicted molar refractivity (Wildman–Crippen MR) is 56.8 cm³/mol. The highest BCUT2D eigenvalue weighted by Crippen LogP contribution is 2.26. The number of β-amino-alcohol motifs (C(OH)–C–C–N with tert-alkyl or cyclic N) is 1. The Kier molecular flexibility index (Phi) is 1.85. The van der Waals surface area contributed by atoms with Crippen LogP contribution in [0.3, 0.4) is 0 Å². The fraction of sp³-hybridized carbons (Fsp3) is 0.400. The van der Waals surface area contributed by atoms with Gasteiger partial charge in [0.15, 0.2) is 5.82 Å². The molecule has 3 rings (SSSR count). The summed E-state index contributed by atoms with van der Waals surface area (Å²) in [5.74, 6) is 0.935. The van der Waals surface area contributed by atoms with Crippen molar-refractivity contribution in [3.8, 4) is 0 Å². The molecule has 0 aliphatic carbocycles. The number of aliphatic hydroxyl groups excluding tert-OH is 1. The van der Waals surface area contributed by atoms with Crippen molar-refractivity contribution in [3.63, 3.8) is 0 Å². The van der Waals surface area contributed by atoms with Gasteiger partial charge in [0, 0.05) is 25.8 Å². The van der Waals surface area contributed by atoms with E-state index in [1.54, 1.807) is 6.33 Å². The summed E-state index contributed by atoms with van der Waals surface area (Å²) in [6.45, 7) is 2.63. The van der Waals surface area contributed by atoms with Crippen LogP contribution >= 0.6 is 0 Å². The molecule has 15 heavy (non-hydrogen) atoms. The summed E-state index contributed by atoms with van der Waals surface area (Å²) in [6.07, 6.45) is 3.62. The third-order valence-corrected chi connectivity index (χ3v) is 2.81. The topological polar surface area (TPSA) is 54.2 Å². The first-order valence-corrected chi connectivity index (χ1v) is 5.06. The number of anilines is 1.